The quantitative estimate of drug-likeness (QED) is 0.403. The smallest absolute Gasteiger partial charge is 0.191 e. The zero-order chi connectivity index (χ0) is 19.0. The number of rotatable bonds is 7. The van der Waals surface area contributed by atoms with Crippen molar-refractivity contribution in [2.24, 2.45) is 4.99 Å². The lowest BCUT2D eigenvalue weighted by molar-refractivity contribution is -0.0164. The lowest BCUT2D eigenvalue weighted by atomic mass is 9.88. The van der Waals surface area contributed by atoms with Gasteiger partial charge in [-0.25, -0.2) is 0 Å². The number of hydrogen-bond donors (Lipinski definition) is 2. The molecule has 3 heterocycles. The monoisotopic (exact) mass is 379 g/mol. The molecule has 6 heteroatoms. The van der Waals surface area contributed by atoms with E-state index >= 15 is 0 Å². The standard InChI is InChI=1S/C21H41N5O/c1-19-8-3-4-12-25(19)13-7-11-23-20(22-2)24-18-21(9-16-27-17-10-21)26-14-5-6-15-26/h19H,3-18H2,1-2H3,(H2,22,23,24). The predicted octanol–water partition coefficient (Wildman–Crippen LogP) is 2.06. The maximum absolute atomic E-state index is 5.66. The second-order valence-corrected chi connectivity index (χ2v) is 8.62. The fourth-order valence-electron chi connectivity index (χ4n) is 5.00. The summed E-state index contributed by atoms with van der Waals surface area (Å²) in [5, 5.41) is 7.17. The number of aliphatic imine (C=N–C) groups is 1. The summed E-state index contributed by atoms with van der Waals surface area (Å²) in [6.45, 7) is 11.1. The van der Waals surface area contributed by atoms with Gasteiger partial charge in [0.15, 0.2) is 5.96 Å². The molecule has 3 aliphatic heterocycles. The van der Waals surface area contributed by atoms with Crippen LogP contribution < -0.4 is 10.6 Å². The number of nitrogens with one attached hydrogen (secondary N) is 2. The molecule has 3 saturated heterocycles. The molecular formula is C21H41N5O. The van der Waals surface area contributed by atoms with Crippen LogP contribution in [0, 0.1) is 0 Å². The van der Waals surface area contributed by atoms with E-state index in [1.807, 2.05) is 7.05 Å². The summed E-state index contributed by atoms with van der Waals surface area (Å²) in [4.78, 5) is 9.81. The lowest BCUT2D eigenvalue weighted by Crippen LogP contribution is -2.58. The summed E-state index contributed by atoms with van der Waals surface area (Å²) < 4.78 is 5.66. The van der Waals surface area contributed by atoms with Crippen molar-refractivity contribution >= 4 is 5.96 Å². The third-order valence-corrected chi connectivity index (χ3v) is 6.86. The van der Waals surface area contributed by atoms with E-state index in [1.165, 1.54) is 64.7 Å². The molecule has 0 spiro atoms. The first-order valence-electron chi connectivity index (χ1n) is 11.2. The Bertz CT molecular complexity index is 457. The molecule has 1 atom stereocenters. The highest BCUT2D eigenvalue weighted by molar-refractivity contribution is 5.79. The van der Waals surface area contributed by atoms with E-state index in [1.54, 1.807) is 0 Å². The van der Waals surface area contributed by atoms with Crippen LogP contribution in [0.25, 0.3) is 0 Å². The van der Waals surface area contributed by atoms with Gasteiger partial charge in [-0.15, -0.1) is 0 Å². The topological polar surface area (TPSA) is 52.1 Å². The van der Waals surface area contributed by atoms with Gasteiger partial charge in [0.05, 0.1) is 0 Å². The summed E-state index contributed by atoms with van der Waals surface area (Å²) >= 11 is 0. The Morgan fingerprint density at radius 3 is 2.52 bits per heavy atom. The molecule has 0 aromatic heterocycles. The molecule has 3 aliphatic rings. The van der Waals surface area contributed by atoms with Crippen molar-refractivity contribution in [3.05, 3.63) is 0 Å². The van der Waals surface area contributed by atoms with Gasteiger partial charge in [0.25, 0.3) is 0 Å². The minimum Gasteiger partial charge on any atom is -0.381 e. The molecule has 6 nitrogen and oxygen atoms in total. The van der Waals surface area contributed by atoms with Crippen molar-refractivity contribution in [1.82, 2.24) is 20.4 Å². The minimum atomic E-state index is 0.246. The van der Waals surface area contributed by atoms with E-state index < -0.39 is 0 Å². The van der Waals surface area contributed by atoms with Crippen LogP contribution in [0.4, 0.5) is 0 Å². The Morgan fingerprint density at radius 1 is 1.07 bits per heavy atom. The molecule has 0 bridgehead atoms. The van der Waals surface area contributed by atoms with Crippen molar-refractivity contribution in [2.75, 3.05) is 59.5 Å². The highest BCUT2D eigenvalue weighted by Crippen LogP contribution is 2.30. The Hall–Kier alpha value is -0.850. The molecule has 27 heavy (non-hydrogen) atoms. The summed E-state index contributed by atoms with van der Waals surface area (Å²) in [7, 11) is 1.88. The van der Waals surface area contributed by atoms with Gasteiger partial charge < -0.3 is 20.3 Å². The summed E-state index contributed by atoms with van der Waals surface area (Å²) in [6.07, 6.45) is 10.2. The van der Waals surface area contributed by atoms with Crippen molar-refractivity contribution in [3.8, 4) is 0 Å². The molecule has 3 rings (SSSR count). The summed E-state index contributed by atoms with van der Waals surface area (Å²) in [5.74, 6) is 0.951. The first-order valence-corrected chi connectivity index (χ1v) is 11.2. The zero-order valence-corrected chi connectivity index (χ0v) is 17.6. The van der Waals surface area contributed by atoms with E-state index in [-0.39, 0.29) is 5.54 Å². The van der Waals surface area contributed by atoms with Gasteiger partial charge in [-0.1, -0.05) is 6.42 Å². The van der Waals surface area contributed by atoms with Crippen LogP contribution in [0.5, 0.6) is 0 Å². The molecular weight excluding hydrogens is 338 g/mol. The highest BCUT2D eigenvalue weighted by Gasteiger charge is 2.39. The molecule has 1 unspecified atom stereocenters. The van der Waals surface area contributed by atoms with Gasteiger partial charge >= 0.3 is 0 Å². The average Bonchev–Trinajstić information content (AvgIpc) is 3.25. The molecule has 156 valence electrons. The molecule has 0 aromatic carbocycles. The zero-order valence-electron chi connectivity index (χ0n) is 17.6. The van der Waals surface area contributed by atoms with Crippen LogP contribution in [0.3, 0.4) is 0 Å². The minimum absolute atomic E-state index is 0.246. The molecule has 0 aliphatic carbocycles. The Morgan fingerprint density at radius 2 is 1.81 bits per heavy atom. The fraction of sp³-hybridized carbons (Fsp3) is 0.952. The van der Waals surface area contributed by atoms with Crippen LogP contribution in [0.1, 0.15) is 58.3 Å². The van der Waals surface area contributed by atoms with E-state index in [0.717, 1.165) is 51.1 Å². The number of likely N-dealkylation sites (tertiary alicyclic amines) is 2. The van der Waals surface area contributed by atoms with Crippen LogP contribution in [0.2, 0.25) is 0 Å². The van der Waals surface area contributed by atoms with Gasteiger partial charge in [-0.05, 0) is 71.5 Å². The van der Waals surface area contributed by atoms with Gasteiger partial charge in [-0.3, -0.25) is 9.89 Å². The van der Waals surface area contributed by atoms with E-state index in [4.69, 9.17) is 4.74 Å². The number of ether oxygens (including phenoxy) is 1. The third kappa shape index (κ3) is 5.81. The normalized spacial score (nSPS) is 27.6. The van der Waals surface area contributed by atoms with Crippen molar-refractivity contribution < 1.29 is 4.74 Å². The third-order valence-electron chi connectivity index (χ3n) is 6.86. The number of nitrogens with zero attached hydrogens (tertiary/aromatic N) is 3. The molecule has 0 aromatic rings. The maximum atomic E-state index is 5.66. The molecule has 2 N–H and O–H groups in total. The van der Waals surface area contributed by atoms with Crippen LogP contribution in [-0.4, -0.2) is 86.9 Å². The Labute approximate surface area is 166 Å². The van der Waals surface area contributed by atoms with Crippen molar-refractivity contribution in [1.29, 1.82) is 0 Å². The molecule has 3 fully saturated rings. The molecule has 0 amide bonds. The van der Waals surface area contributed by atoms with Crippen LogP contribution in [0.15, 0.2) is 4.99 Å². The van der Waals surface area contributed by atoms with Gasteiger partial charge in [0, 0.05) is 51.5 Å². The lowest BCUT2D eigenvalue weighted by Gasteiger charge is -2.45. The largest absolute Gasteiger partial charge is 0.381 e. The molecule has 0 saturated carbocycles. The second-order valence-electron chi connectivity index (χ2n) is 8.62. The van der Waals surface area contributed by atoms with Crippen LogP contribution >= 0.6 is 0 Å². The number of piperidine rings is 1. The summed E-state index contributed by atoms with van der Waals surface area (Å²) in [6, 6.07) is 0.755. The van der Waals surface area contributed by atoms with Gasteiger partial charge in [0.1, 0.15) is 0 Å². The summed E-state index contributed by atoms with van der Waals surface area (Å²) in [5.41, 5.74) is 0.246. The van der Waals surface area contributed by atoms with E-state index in [2.05, 4.69) is 32.3 Å². The highest BCUT2D eigenvalue weighted by atomic mass is 16.5. The average molecular weight is 380 g/mol. The first kappa shape index (κ1) is 20.9. The van der Waals surface area contributed by atoms with Crippen molar-refractivity contribution in [3.63, 3.8) is 0 Å². The Kier molecular flexibility index (Phi) is 8.22. The number of guanidine groups is 1. The van der Waals surface area contributed by atoms with E-state index in [0.29, 0.717) is 0 Å². The maximum Gasteiger partial charge on any atom is 0.191 e. The number of hydrogen-bond acceptors (Lipinski definition) is 4. The van der Waals surface area contributed by atoms with Gasteiger partial charge in [-0.2, -0.15) is 0 Å². The first-order chi connectivity index (χ1) is 13.2. The second kappa shape index (κ2) is 10.6. The Balaban J connectivity index is 1.41. The van der Waals surface area contributed by atoms with Gasteiger partial charge in [0.2, 0.25) is 0 Å². The predicted molar refractivity (Wildman–Crippen MR) is 112 cm³/mol. The van der Waals surface area contributed by atoms with Crippen LogP contribution in [-0.2, 0) is 4.74 Å². The molecule has 0 radical (unpaired) electrons. The SMILES string of the molecule is CN=C(NCCCN1CCCCC1C)NCC1(N2CCCC2)CCOCC1. The fourth-order valence-corrected chi connectivity index (χ4v) is 5.00. The van der Waals surface area contributed by atoms with Crippen molar-refractivity contribution in [2.45, 2.75) is 69.9 Å². The van der Waals surface area contributed by atoms with E-state index in [9.17, 15) is 0 Å².